The minimum atomic E-state index is -4.75. The number of phenols is 1. The first-order valence-electron chi connectivity index (χ1n) is 12.3. The lowest BCUT2D eigenvalue weighted by molar-refractivity contribution is -0.137. The number of hydrogen-bond donors (Lipinski definition) is 1. The Bertz CT molecular complexity index is 1510. The fourth-order valence-corrected chi connectivity index (χ4v) is 5.06. The number of hydrogen-bond acceptors (Lipinski definition) is 5. The number of halogens is 4. The Morgan fingerprint density at radius 3 is 2.45 bits per heavy atom. The molecule has 3 aromatic carbocycles. The van der Waals surface area contributed by atoms with Crippen molar-refractivity contribution in [2.24, 2.45) is 0 Å². The average molecular weight is 544 g/mol. The van der Waals surface area contributed by atoms with Gasteiger partial charge in [-0.3, -0.25) is 4.90 Å². The lowest BCUT2D eigenvalue weighted by Gasteiger charge is -2.17. The van der Waals surface area contributed by atoms with Gasteiger partial charge in [0.25, 0.3) is 0 Å². The molecule has 1 N–H and O–H groups in total. The van der Waals surface area contributed by atoms with E-state index < -0.39 is 17.4 Å². The maximum Gasteiger partial charge on any atom is 0.417 e. The first kappa shape index (κ1) is 26.1. The van der Waals surface area contributed by atoms with Crippen LogP contribution in [0.2, 0.25) is 5.02 Å². The van der Waals surface area contributed by atoms with Crippen molar-refractivity contribution < 1.29 is 27.4 Å². The number of fused-ring (bicyclic) bond motifs is 1. The van der Waals surface area contributed by atoms with E-state index in [1.807, 2.05) is 24.3 Å². The van der Waals surface area contributed by atoms with Gasteiger partial charge in [-0.25, -0.2) is 4.79 Å². The Morgan fingerprint density at radius 2 is 1.74 bits per heavy atom. The van der Waals surface area contributed by atoms with Gasteiger partial charge >= 0.3 is 11.8 Å². The number of aromatic hydroxyl groups is 1. The molecule has 5 rings (SSSR count). The highest BCUT2D eigenvalue weighted by atomic mass is 35.5. The van der Waals surface area contributed by atoms with E-state index in [-0.39, 0.29) is 33.9 Å². The summed E-state index contributed by atoms with van der Waals surface area (Å²) in [6, 6.07) is 14.8. The summed E-state index contributed by atoms with van der Waals surface area (Å²) in [6.07, 6.45) is -2.18. The Labute approximate surface area is 222 Å². The third-order valence-electron chi connectivity index (χ3n) is 6.73. The van der Waals surface area contributed by atoms with Gasteiger partial charge in [-0.1, -0.05) is 29.8 Å². The largest absolute Gasteiger partial charge is 0.508 e. The molecule has 0 atom stereocenters. The summed E-state index contributed by atoms with van der Waals surface area (Å²) in [5.74, 6) is 0.560. The van der Waals surface area contributed by atoms with Gasteiger partial charge in [0.2, 0.25) is 0 Å². The number of likely N-dealkylation sites (tertiary alicyclic amines) is 1. The summed E-state index contributed by atoms with van der Waals surface area (Å²) < 4.78 is 53.2. The molecule has 5 nitrogen and oxygen atoms in total. The van der Waals surface area contributed by atoms with Crippen molar-refractivity contribution >= 4 is 22.6 Å². The lowest BCUT2D eigenvalue weighted by atomic mass is 9.91. The number of benzene rings is 3. The molecule has 0 spiro atoms. The topological polar surface area (TPSA) is 62.9 Å². The Hall–Kier alpha value is -3.49. The molecule has 0 aliphatic carbocycles. The molecule has 4 aromatic rings. The highest BCUT2D eigenvalue weighted by Gasteiger charge is 2.35. The van der Waals surface area contributed by atoms with Gasteiger partial charge in [-0.05, 0) is 79.9 Å². The monoisotopic (exact) mass is 543 g/mol. The van der Waals surface area contributed by atoms with Crippen LogP contribution in [0.3, 0.4) is 0 Å². The smallest absolute Gasteiger partial charge is 0.417 e. The minimum absolute atomic E-state index is 0.0816. The van der Waals surface area contributed by atoms with Crippen LogP contribution in [0.5, 0.6) is 11.5 Å². The van der Waals surface area contributed by atoms with Gasteiger partial charge in [0.15, 0.2) is 0 Å². The Morgan fingerprint density at radius 1 is 1.00 bits per heavy atom. The summed E-state index contributed by atoms with van der Waals surface area (Å²) in [5, 5.41) is 10.2. The molecule has 1 aliphatic heterocycles. The molecule has 1 aromatic heterocycles. The van der Waals surface area contributed by atoms with Gasteiger partial charge in [-0.2, -0.15) is 13.2 Å². The Balaban J connectivity index is 1.53. The van der Waals surface area contributed by atoms with Crippen molar-refractivity contribution in [2.75, 3.05) is 26.2 Å². The van der Waals surface area contributed by atoms with Crippen LogP contribution in [-0.2, 0) is 12.6 Å². The lowest BCUT2D eigenvalue weighted by Crippen LogP contribution is -2.25. The molecule has 9 heteroatoms. The summed E-state index contributed by atoms with van der Waals surface area (Å²) in [4.78, 5) is 15.5. The molecule has 1 saturated heterocycles. The molecule has 38 heavy (non-hydrogen) atoms. The summed E-state index contributed by atoms with van der Waals surface area (Å²) in [7, 11) is 0. The standard InChI is InChI=1S/C29H25ClF3NO4/c30-19-5-9-23(25(16-19)29(31,32)33)27-24(22-10-6-20(35)17-26(22)38-28(27)36)15-18-3-7-21(8-4-18)37-14-13-34-11-1-2-12-34/h3-10,16-17,35H,1-2,11-15H2. The third kappa shape index (κ3) is 5.66. The molecule has 0 saturated carbocycles. The quantitative estimate of drug-likeness (QED) is 0.257. The van der Waals surface area contributed by atoms with Crippen molar-refractivity contribution in [3.05, 3.63) is 92.8 Å². The zero-order chi connectivity index (χ0) is 26.9. The zero-order valence-corrected chi connectivity index (χ0v) is 21.1. The fourth-order valence-electron chi connectivity index (χ4n) is 4.89. The van der Waals surface area contributed by atoms with Crippen molar-refractivity contribution in [3.8, 4) is 22.6 Å². The van der Waals surface area contributed by atoms with E-state index >= 15 is 0 Å². The molecular formula is C29H25ClF3NO4. The predicted molar refractivity (Wildman–Crippen MR) is 140 cm³/mol. The number of alkyl halides is 3. The van der Waals surface area contributed by atoms with Crippen LogP contribution in [0.1, 0.15) is 29.5 Å². The van der Waals surface area contributed by atoms with E-state index in [2.05, 4.69) is 4.90 Å². The molecular weight excluding hydrogens is 519 g/mol. The van der Waals surface area contributed by atoms with Gasteiger partial charge in [0.05, 0.1) is 11.1 Å². The SMILES string of the molecule is O=c1oc2cc(O)ccc2c(Cc2ccc(OCCN3CCCC3)cc2)c1-c1ccc(Cl)cc1C(F)(F)F. The van der Waals surface area contributed by atoms with Crippen LogP contribution in [0, 0.1) is 0 Å². The highest BCUT2D eigenvalue weighted by molar-refractivity contribution is 6.30. The maximum absolute atomic E-state index is 14.0. The van der Waals surface area contributed by atoms with Crippen molar-refractivity contribution in [1.29, 1.82) is 0 Å². The second-order valence-corrected chi connectivity index (χ2v) is 9.77. The fraction of sp³-hybridized carbons (Fsp3) is 0.276. The second kappa shape index (κ2) is 10.7. The molecule has 2 heterocycles. The summed E-state index contributed by atoms with van der Waals surface area (Å²) in [6.45, 7) is 3.59. The van der Waals surface area contributed by atoms with Crippen LogP contribution in [-0.4, -0.2) is 36.2 Å². The van der Waals surface area contributed by atoms with E-state index in [9.17, 15) is 23.1 Å². The van der Waals surface area contributed by atoms with Gasteiger partial charge in [0, 0.05) is 28.6 Å². The Kier molecular flexibility index (Phi) is 7.36. The van der Waals surface area contributed by atoms with E-state index in [4.69, 9.17) is 20.8 Å². The van der Waals surface area contributed by atoms with Crippen LogP contribution in [0.25, 0.3) is 22.1 Å². The van der Waals surface area contributed by atoms with Gasteiger partial charge in [-0.15, -0.1) is 0 Å². The predicted octanol–water partition coefficient (Wildman–Crippen LogP) is 6.90. The van der Waals surface area contributed by atoms with Gasteiger partial charge < -0.3 is 14.3 Å². The first-order chi connectivity index (χ1) is 18.2. The summed E-state index contributed by atoms with van der Waals surface area (Å²) >= 11 is 5.88. The molecule has 0 unspecified atom stereocenters. The number of phenolic OH excluding ortho intramolecular Hbond substituents is 1. The van der Waals surface area contributed by atoms with E-state index in [1.165, 1.54) is 43.2 Å². The van der Waals surface area contributed by atoms with E-state index in [0.717, 1.165) is 31.3 Å². The highest BCUT2D eigenvalue weighted by Crippen LogP contribution is 2.40. The molecule has 0 bridgehead atoms. The van der Waals surface area contributed by atoms with Crippen LogP contribution < -0.4 is 10.4 Å². The molecule has 0 amide bonds. The molecule has 1 fully saturated rings. The number of ether oxygens (including phenoxy) is 1. The molecule has 1 aliphatic rings. The number of rotatable bonds is 7. The van der Waals surface area contributed by atoms with Crippen LogP contribution in [0.4, 0.5) is 13.2 Å². The van der Waals surface area contributed by atoms with Gasteiger partial charge in [0.1, 0.15) is 23.7 Å². The molecule has 198 valence electrons. The van der Waals surface area contributed by atoms with Crippen LogP contribution in [0.15, 0.2) is 69.9 Å². The van der Waals surface area contributed by atoms with Crippen molar-refractivity contribution in [2.45, 2.75) is 25.4 Å². The van der Waals surface area contributed by atoms with Crippen LogP contribution >= 0.6 is 11.6 Å². The van der Waals surface area contributed by atoms with Crippen molar-refractivity contribution in [1.82, 2.24) is 4.90 Å². The number of nitrogens with zero attached hydrogens (tertiary/aromatic N) is 1. The molecule has 0 radical (unpaired) electrons. The third-order valence-corrected chi connectivity index (χ3v) is 6.97. The average Bonchev–Trinajstić information content (AvgIpc) is 3.38. The maximum atomic E-state index is 14.0. The second-order valence-electron chi connectivity index (χ2n) is 9.33. The minimum Gasteiger partial charge on any atom is -0.508 e. The normalized spacial score (nSPS) is 14.3. The van der Waals surface area contributed by atoms with Crippen molar-refractivity contribution in [3.63, 3.8) is 0 Å². The van der Waals surface area contributed by atoms with E-state index in [1.54, 1.807) is 0 Å². The first-order valence-corrected chi connectivity index (χ1v) is 12.7. The van der Waals surface area contributed by atoms with E-state index in [0.29, 0.717) is 23.3 Å². The summed E-state index contributed by atoms with van der Waals surface area (Å²) in [5.41, 5.74) is -1.28. The zero-order valence-electron chi connectivity index (χ0n) is 20.4.